The Balaban J connectivity index is 2.05. The summed E-state index contributed by atoms with van der Waals surface area (Å²) in [5.41, 5.74) is 7.26. The third kappa shape index (κ3) is 3.96. The Hall–Kier alpha value is -2.07. The molecule has 0 radical (unpaired) electrons. The van der Waals surface area contributed by atoms with Crippen molar-refractivity contribution < 1.29 is 4.79 Å². The first-order chi connectivity index (χ1) is 9.69. The highest BCUT2D eigenvalue weighted by molar-refractivity contribution is 7.98. The molecule has 0 aliphatic carbocycles. The fourth-order valence-electron chi connectivity index (χ4n) is 1.75. The molecule has 0 atom stereocenters. The maximum absolute atomic E-state index is 12.0. The molecule has 4 heteroatoms. The van der Waals surface area contributed by atoms with Crippen molar-refractivity contribution >= 4 is 29.1 Å². The van der Waals surface area contributed by atoms with Gasteiger partial charge in [0.25, 0.3) is 0 Å². The number of rotatable bonds is 5. The number of hydrogen-bond acceptors (Lipinski definition) is 3. The Kier molecular flexibility index (Phi) is 4.96. The van der Waals surface area contributed by atoms with E-state index in [1.165, 1.54) is 4.90 Å². The molecule has 0 saturated carbocycles. The molecule has 3 nitrogen and oxygen atoms in total. The van der Waals surface area contributed by atoms with Gasteiger partial charge in [0, 0.05) is 10.5 Å². The third-order valence-electron chi connectivity index (χ3n) is 2.78. The molecule has 20 heavy (non-hydrogen) atoms. The molecule has 0 heterocycles. The molecule has 0 aliphatic heterocycles. The number of aliphatic imine (C=N–C) groups is 1. The third-order valence-corrected chi connectivity index (χ3v) is 3.53. The molecule has 2 aromatic carbocycles. The van der Waals surface area contributed by atoms with E-state index in [0.29, 0.717) is 11.4 Å². The first kappa shape index (κ1) is 14.3. The van der Waals surface area contributed by atoms with Gasteiger partial charge in [0.15, 0.2) is 5.78 Å². The molecular weight excluding hydrogens is 268 g/mol. The minimum Gasteiger partial charge on any atom is -0.387 e. The van der Waals surface area contributed by atoms with Crippen LogP contribution in [0, 0.1) is 0 Å². The molecule has 2 rings (SSSR count). The van der Waals surface area contributed by atoms with Crippen LogP contribution in [0.25, 0.3) is 0 Å². The molecular formula is C16H16N2OS. The predicted octanol–water partition coefficient (Wildman–Crippen LogP) is 3.67. The SMILES string of the molecule is CSc1ccc(N=C(N)CC(=O)c2ccccc2)cc1. The maximum atomic E-state index is 12.0. The monoisotopic (exact) mass is 284 g/mol. The molecule has 0 fully saturated rings. The summed E-state index contributed by atoms with van der Waals surface area (Å²) in [5.74, 6) is 0.309. The molecule has 102 valence electrons. The topological polar surface area (TPSA) is 55.4 Å². The number of Topliss-reactive ketones (excluding diaryl/α,β-unsaturated/α-hetero) is 1. The highest BCUT2D eigenvalue weighted by atomic mass is 32.2. The van der Waals surface area contributed by atoms with Gasteiger partial charge < -0.3 is 5.73 Å². The number of amidine groups is 1. The quantitative estimate of drug-likeness (QED) is 0.394. The van der Waals surface area contributed by atoms with Crippen LogP contribution in [0.4, 0.5) is 5.69 Å². The van der Waals surface area contributed by atoms with E-state index < -0.39 is 0 Å². The molecule has 0 bridgehead atoms. The van der Waals surface area contributed by atoms with Crippen LogP contribution >= 0.6 is 11.8 Å². The van der Waals surface area contributed by atoms with Gasteiger partial charge in [0.05, 0.1) is 12.1 Å². The molecule has 0 aromatic heterocycles. The summed E-state index contributed by atoms with van der Waals surface area (Å²) in [6.45, 7) is 0. The number of nitrogens with zero attached hydrogens (tertiary/aromatic N) is 1. The van der Waals surface area contributed by atoms with Crippen molar-refractivity contribution in [2.75, 3.05) is 6.26 Å². The highest BCUT2D eigenvalue weighted by Crippen LogP contribution is 2.19. The minimum atomic E-state index is -0.0208. The average molecular weight is 284 g/mol. The van der Waals surface area contributed by atoms with E-state index in [-0.39, 0.29) is 12.2 Å². The Morgan fingerprint density at radius 1 is 1.10 bits per heavy atom. The lowest BCUT2D eigenvalue weighted by Gasteiger charge is -2.02. The van der Waals surface area contributed by atoms with Crippen molar-refractivity contribution in [3.8, 4) is 0 Å². The van der Waals surface area contributed by atoms with E-state index in [1.807, 2.05) is 48.7 Å². The van der Waals surface area contributed by atoms with E-state index in [0.717, 1.165) is 5.69 Å². The summed E-state index contributed by atoms with van der Waals surface area (Å²) in [6.07, 6.45) is 2.15. The van der Waals surface area contributed by atoms with Gasteiger partial charge in [0.2, 0.25) is 0 Å². The number of carbonyl (C=O) groups excluding carboxylic acids is 1. The molecule has 0 spiro atoms. The smallest absolute Gasteiger partial charge is 0.170 e. The van der Waals surface area contributed by atoms with Crippen molar-refractivity contribution in [1.29, 1.82) is 0 Å². The Morgan fingerprint density at radius 3 is 2.35 bits per heavy atom. The second-order valence-electron chi connectivity index (χ2n) is 4.27. The van der Waals surface area contributed by atoms with Crippen LogP contribution < -0.4 is 5.73 Å². The average Bonchev–Trinajstić information content (AvgIpc) is 2.49. The van der Waals surface area contributed by atoms with E-state index >= 15 is 0 Å². The summed E-state index contributed by atoms with van der Waals surface area (Å²) in [6, 6.07) is 16.9. The lowest BCUT2D eigenvalue weighted by atomic mass is 10.1. The molecule has 0 saturated heterocycles. The van der Waals surface area contributed by atoms with Gasteiger partial charge in [-0.1, -0.05) is 30.3 Å². The van der Waals surface area contributed by atoms with Gasteiger partial charge in [0.1, 0.15) is 5.84 Å². The van der Waals surface area contributed by atoms with Gasteiger partial charge in [-0.3, -0.25) is 4.79 Å². The van der Waals surface area contributed by atoms with Crippen LogP contribution in [0.1, 0.15) is 16.8 Å². The zero-order valence-corrected chi connectivity index (χ0v) is 12.1. The van der Waals surface area contributed by atoms with Crippen LogP contribution in [-0.2, 0) is 0 Å². The van der Waals surface area contributed by atoms with Gasteiger partial charge in [-0.15, -0.1) is 11.8 Å². The lowest BCUT2D eigenvalue weighted by Crippen LogP contribution is -2.16. The number of hydrogen-bond donors (Lipinski definition) is 1. The normalized spacial score (nSPS) is 11.3. The van der Waals surface area contributed by atoms with E-state index in [2.05, 4.69) is 4.99 Å². The first-order valence-electron chi connectivity index (χ1n) is 6.24. The van der Waals surface area contributed by atoms with E-state index in [9.17, 15) is 4.79 Å². The van der Waals surface area contributed by atoms with E-state index in [1.54, 1.807) is 23.9 Å². The molecule has 0 unspecified atom stereocenters. The first-order valence-corrected chi connectivity index (χ1v) is 7.47. The Bertz CT molecular complexity index is 606. The number of thioether (sulfide) groups is 1. The second kappa shape index (κ2) is 6.91. The van der Waals surface area contributed by atoms with E-state index in [4.69, 9.17) is 5.73 Å². The zero-order chi connectivity index (χ0) is 14.4. The summed E-state index contributed by atoms with van der Waals surface area (Å²) in [5, 5.41) is 0. The standard InChI is InChI=1S/C16H16N2OS/c1-20-14-9-7-13(8-10-14)18-16(17)11-15(19)12-5-3-2-4-6-12/h2-10H,11H2,1H3,(H2,17,18). The summed E-state index contributed by atoms with van der Waals surface area (Å²) in [7, 11) is 0. The van der Waals surface area contributed by atoms with Gasteiger partial charge in [-0.2, -0.15) is 0 Å². The maximum Gasteiger partial charge on any atom is 0.170 e. The van der Waals surface area contributed by atoms with Crippen LogP contribution in [0.15, 0.2) is 64.5 Å². The molecule has 0 aliphatic rings. The van der Waals surface area contributed by atoms with Crippen molar-refractivity contribution in [3.63, 3.8) is 0 Å². The lowest BCUT2D eigenvalue weighted by molar-refractivity contribution is 0.100. The number of benzene rings is 2. The van der Waals surface area contributed by atoms with Gasteiger partial charge in [-0.05, 0) is 30.5 Å². The highest BCUT2D eigenvalue weighted by Gasteiger charge is 2.07. The molecule has 0 amide bonds. The summed E-state index contributed by atoms with van der Waals surface area (Å²) < 4.78 is 0. The number of carbonyl (C=O) groups is 1. The van der Waals surface area contributed by atoms with Crippen molar-refractivity contribution in [2.24, 2.45) is 10.7 Å². The van der Waals surface area contributed by atoms with Crippen LogP contribution in [0.5, 0.6) is 0 Å². The fraction of sp³-hybridized carbons (Fsp3) is 0.125. The van der Waals surface area contributed by atoms with Crippen molar-refractivity contribution in [2.45, 2.75) is 11.3 Å². The summed E-state index contributed by atoms with van der Waals surface area (Å²) >= 11 is 1.67. The van der Waals surface area contributed by atoms with Crippen molar-refractivity contribution in [3.05, 3.63) is 60.2 Å². The summed E-state index contributed by atoms with van der Waals surface area (Å²) in [4.78, 5) is 17.4. The Labute approximate surface area is 122 Å². The zero-order valence-electron chi connectivity index (χ0n) is 11.2. The minimum absolute atomic E-state index is 0.0208. The second-order valence-corrected chi connectivity index (χ2v) is 5.15. The number of ketones is 1. The van der Waals surface area contributed by atoms with Crippen molar-refractivity contribution in [1.82, 2.24) is 0 Å². The molecule has 2 aromatic rings. The van der Waals surface area contributed by atoms with Crippen LogP contribution in [0.3, 0.4) is 0 Å². The molecule has 2 N–H and O–H groups in total. The predicted molar refractivity (Wildman–Crippen MR) is 84.9 cm³/mol. The van der Waals surface area contributed by atoms with Gasteiger partial charge in [-0.25, -0.2) is 4.99 Å². The Morgan fingerprint density at radius 2 is 1.75 bits per heavy atom. The van der Waals surface area contributed by atoms with Crippen LogP contribution in [0.2, 0.25) is 0 Å². The number of nitrogens with two attached hydrogens (primary N) is 1. The fourth-order valence-corrected chi connectivity index (χ4v) is 2.16. The van der Waals surface area contributed by atoms with Gasteiger partial charge >= 0.3 is 0 Å². The largest absolute Gasteiger partial charge is 0.387 e. The van der Waals surface area contributed by atoms with Crippen LogP contribution in [-0.4, -0.2) is 17.9 Å².